The van der Waals surface area contributed by atoms with Crippen molar-refractivity contribution in [2.45, 2.75) is 12.5 Å². The fourth-order valence-electron chi connectivity index (χ4n) is 0.914. The zero-order valence-electron chi connectivity index (χ0n) is 6.06. The van der Waals surface area contributed by atoms with Crippen molar-refractivity contribution in [3.8, 4) is 0 Å². The van der Waals surface area contributed by atoms with Crippen LogP contribution in [0.5, 0.6) is 0 Å². The molecule has 0 bridgehead atoms. The van der Waals surface area contributed by atoms with Crippen LogP contribution in [0.2, 0.25) is 0 Å². The molecular weight excluding hydrogens is 166 g/mol. The van der Waals surface area contributed by atoms with Crippen LogP contribution in [0.4, 0.5) is 0 Å². The molecule has 0 aliphatic carbocycles. The second-order valence-electron chi connectivity index (χ2n) is 2.35. The summed E-state index contributed by atoms with van der Waals surface area (Å²) in [6.45, 7) is -0.367. The Balaban J connectivity index is 2.82. The predicted molar refractivity (Wildman–Crippen MR) is 37.7 cm³/mol. The third-order valence-electron chi connectivity index (χ3n) is 1.57. The average Bonchev–Trinajstić information content (AvgIpc) is 2.56. The van der Waals surface area contributed by atoms with Gasteiger partial charge in [0.15, 0.2) is 0 Å². The molecule has 1 heterocycles. The van der Waals surface area contributed by atoms with Gasteiger partial charge >= 0.3 is 17.1 Å². The number of hydrogen-bond donors (Lipinski definition) is 2. The molecule has 0 saturated carbocycles. The van der Waals surface area contributed by atoms with E-state index in [1.807, 2.05) is 0 Å². The molecular formula is C6H7NO5. The number of rotatable bonds is 4. The van der Waals surface area contributed by atoms with Gasteiger partial charge in [-0.3, -0.25) is 14.2 Å². The molecule has 1 aromatic heterocycles. The highest BCUT2D eigenvalue weighted by atomic mass is 16.4. The normalized spacial score (nSPS) is 13.4. The van der Waals surface area contributed by atoms with E-state index in [0.717, 1.165) is 0 Å². The summed E-state index contributed by atoms with van der Waals surface area (Å²) in [6, 6.07) is -1.20. The number of aliphatic hydroxyl groups excluding tert-OH is 1. The molecule has 1 rings (SSSR count). The summed E-state index contributed by atoms with van der Waals surface area (Å²) in [6.07, 6.45) is -0.118. The van der Waals surface area contributed by atoms with E-state index in [-0.39, 0.29) is 13.0 Å². The summed E-state index contributed by atoms with van der Waals surface area (Å²) in [5.74, 6) is -1.27. The summed E-state index contributed by atoms with van der Waals surface area (Å²) in [5.41, 5.74) is -1.59. The van der Waals surface area contributed by atoms with Crippen molar-refractivity contribution in [3.05, 3.63) is 20.7 Å². The lowest BCUT2D eigenvalue weighted by Gasteiger charge is -2.04. The highest BCUT2D eigenvalue weighted by molar-refractivity contribution is 5.72. The number of aliphatic hydroxyl groups is 1. The minimum absolute atomic E-state index is 0.118. The Bertz CT molecular complexity index is 333. The molecule has 66 valence electrons. The lowest BCUT2D eigenvalue weighted by atomic mass is 10.2. The summed E-state index contributed by atoms with van der Waals surface area (Å²) in [7, 11) is 0. The molecule has 0 aliphatic heterocycles. The molecule has 6 heteroatoms. The first kappa shape index (κ1) is 8.66. The smallest absolute Gasteiger partial charge is 0.327 e. The van der Waals surface area contributed by atoms with Crippen molar-refractivity contribution < 1.29 is 15.0 Å². The molecule has 0 unspecified atom stereocenters. The van der Waals surface area contributed by atoms with E-state index in [1.54, 1.807) is 0 Å². The Hall–Kier alpha value is -1.43. The van der Waals surface area contributed by atoms with Gasteiger partial charge in [-0.1, -0.05) is 0 Å². The van der Waals surface area contributed by atoms with Gasteiger partial charge < -0.3 is 10.2 Å². The maximum atomic E-state index is 10.5. The first-order valence-corrected chi connectivity index (χ1v) is 3.30. The van der Waals surface area contributed by atoms with Crippen molar-refractivity contribution in [2.24, 2.45) is 0 Å². The number of carboxylic acid groups (broad SMARTS) is 1. The van der Waals surface area contributed by atoms with E-state index in [0.29, 0.717) is 4.57 Å². The van der Waals surface area contributed by atoms with Crippen LogP contribution in [0.15, 0.2) is 9.59 Å². The molecule has 0 aliphatic rings. The molecule has 1 atom stereocenters. The number of aliphatic carboxylic acids is 1. The highest BCUT2D eigenvalue weighted by Gasteiger charge is 2.30. The summed E-state index contributed by atoms with van der Waals surface area (Å²) < 4.78 is 0.624. The van der Waals surface area contributed by atoms with Gasteiger partial charge in [0.25, 0.3) is 0 Å². The van der Waals surface area contributed by atoms with E-state index in [1.165, 1.54) is 0 Å². The third-order valence-corrected chi connectivity index (χ3v) is 1.57. The van der Waals surface area contributed by atoms with Gasteiger partial charge in [0.05, 0.1) is 0 Å². The predicted octanol–water partition coefficient (Wildman–Crippen LogP) is -1.91. The van der Waals surface area contributed by atoms with Crippen LogP contribution >= 0.6 is 0 Å². The lowest BCUT2D eigenvalue weighted by molar-refractivity contribution is -0.141. The molecule has 0 aromatic carbocycles. The Morgan fingerprint density at radius 1 is 1.42 bits per heavy atom. The van der Waals surface area contributed by atoms with E-state index in [4.69, 9.17) is 10.2 Å². The van der Waals surface area contributed by atoms with Crippen molar-refractivity contribution in [2.75, 3.05) is 6.61 Å². The number of carboxylic acids is 1. The van der Waals surface area contributed by atoms with E-state index >= 15 is 0 Å². The van der Waals surface area contributed by atoms with Crippen LogP contribution < -0.4 is 11.1 Å². The standard InChI is InChI=1S/C6H7NO5/c8-2-1-3(6(11)12)7-4(9)5(7)10/h3,8H,1-2H2,(H,11,12)/t3-/m0/s1. The largest absolute Gasteiger partial charge is 0.480 e. The Kier molecular flexibility index (Phi) is 2.09. The molecule has 12 heavy (non-hydrogen) atoms. The SMILES string of the molecule is O=C(O)[C@H](CCO)n1c(=O)c1=O. The molecule has 0 fully saturated rings. The molecule has 0 radical (unpaired) electrons. The number of aromatic nitrogens is 1. The minimum atomic E-state index is -1.27. The maximum absolute atomic E-state index is 10.5. The maximum Gasteiger partial charge on any atom is 0.327 e. The van der Waals surface area contributed by atoms with Crippen LogP contribution in [0.25, 0.3) is 0 Å². The Labute approximate surface area is 66.4 Å². The third kappa shape index (κ3) is 1.28. The molecule has 0 amide bonds. The molecule has 0 spiro atoms. The van der Waals surface area contributed by atoms with Gasteiger partial charge in [0, 0.05) is 13.0 Å². The number of nitrogens with zero attached hydrogens (tertiary/aromatic N) is 1. The Morgan fingerprint density at radius 3 is 2.17 bits per heavy atom. The second kappa shape index (κ2) is 2.90. The molecule has 1 aromatic rings. The first-order valence-electron chi connectivity index (χ1n) is 3.30. The highest BCUT2D eigenvalue weighted by Crippen LogP contribution is 2.06. The Morgan fingerprint density at radius 2 is 1.92 bits per heavy atom. The summed E-state index contributed by atoms with van der Waals surface area (Å²) in [5, 5.41) is 16.9. The van der Waals surface area contributed by atoms with E-state index in [2.05, 4.69) is 0 Å². The zero-order valence-corrected chi connectivity index (χ0v) is 6.06. The van der Waals surface area contributed by atoms with Crippen molar-refractivity contribution >= 4 is 5.97 Å². The van der Waals surface area contributed by atoms with Crippen LogP contribution in [-0.4, -0.2) is 27.4 Å². The number of carbonyl (C=O) groups is 1. The van der Waals surface area contributed by atoms with Crippen molar-refractivity contribution in [1.82, 2.24) is 4.57 Å². The monoisotopic (exact) mass is 173 g/mol. The van der Waals surface area contributed by atoms with Gasteiger partial charge in [-0.15, -0.1) is 0 Å². The van der Waals surface area contributed by atoms with Crippen LogP contribution in [-0.2, 0) is 4.79 Å². The van der Waals surface area contributed by atoms with Crippen LogP contribution in [0.3, 0.4) is 0 Å². The number of hydrogen-bond acceptors (Lipinski definition) is 4. The van der Waals surface area contributed by atoms with Gasteiger partial charge in [-0.2, -0.15) is 0 Å². The fourth-order valence-corrected chi connectivity index (χ4v) is 0.914. The summed E-state index contributed by atoms with van der Waals surface area (Å²) >= 11 is 0. The fraction of sp³-hybridized carbons (Fsp3) is 0.500. The van der Waals surface area contributed by atoms with Crippen molar-refractivity contribution in [1.29, 1.82) is 0 Å². The first-order chi connectivity index (χ1) is 5.59. The molecule has 0 saturated heterocycles. The lowest BCUT2D eigenvalue weighted by Crippen LogP contribution is -2.19. The van der Waals surface area contributed by atoms with Crippen LogP contribution in [0.1, 0.15) is 12.5 Å². The quantitative estimate of drug-likeness (QED) is 0.518. The topological polar surface area (TPSA) is 96.6 Å². The van der Waals surface area contributed by atoms with Crippen LogP contribution in [0, 0.1) is 0 Å². The summed E-state index contributed by atoms with van der Waals surface area (Å²) in [4.78, 5) is 31.3. The zero-order chi connectivity index (χ0) is 9.30. The van der Waals surface area contributed by atoms with E-state index in [9.17, 15) is 14.4 Å². The second-order valence-corrected chi connectivity index (χ2v) is 2.35. The molecule has 6 nitrogen and oxygen atoms in total. The van der Waals surface area contributed by atoms with Crippen molar-refractivity contribution in [3.63, 3.8) is 0 Å². The van der Waals surface area contributed by atoms with Gasteiger partial charge in [-0.05, 0) is 0 Å². The minimum Gasteiger partial charge on any atom is -0.480 e. The van der Waals surface area contributed by atoms with E-state index < -0.39 is 23.1 Å². The molecule has 2 N–H and O–H groups in total. The van der Waals surface area contributed by atoms with Gasteiger partial charge in [0.1, 0.15) is 6.04 Å². The van der Waals surface area contributed by atoms with Gasteiger partial charge in [-0.25, -0.2) is 4.79 Å². The van der Waals surface area contributed by atoms with Gasteiger partial charge in [0.2, 0.25) is 0 Å². The average molecular weight is 173 g/mol.